The second kappa shape index (κ2) is 5.24. The molecule has 3 unspecified atom stereocenters. The Kier molecular flexibility index (Phi) is 3.88. The zero-order valence-electron chi connectivity index (χ0n) is 10.9. The summed E-state index contributed by atoms with van der Waals surface area (Å²) in [6.45, 7) is 5.75. The van der Waals surface area contributed by atoms with E-state index in [-0.39, 0.29) is 17.6 Å². The summed E-state index contributed by atoms with van der Waals surface area (Å²) < 4.78 is 13.3. The molecule has 1 saturated heterocycles. The van der Waals surface area contributed by atoms with E-state index in [2.05, 4.69) is 11.8 Å². The fourth-order valence-electron chi connectivity index (χ4n) is 2.92. The van der Waals surface area contributed by atoms with Crippen molar-refractivity contribution in [2.24, 2.45) is 11.7 Å². The molecule has 4 heteroatoms. The van der Waals surface area contributed by atoms with Gasteiger partial charge in [-0.1, -0.05) is 0 Å². The van der Waals surface area contributed by atoms with Crippen molar-refractivity contribution in [3.63, 3.8) is 0 Å². The van der Waals surface area contributed by atoms with Gasteiger partial charge in [0.15, 0.2) is 0 Å². The summed E-state index contributed by atoms with van der Waals surface area (Å²) in [5.41, 5.74) is 6.37. The van der Waals surface area contributed by atoms with Gasteiger partial charge in [0.05, 0.1) is 0 Å². The van der Waals surface area contributed by atoms with Crippen LogP contribution in [0.4, 0.5) is 4.39 Å². The maximum absolute atomic E-state index is 13.3. The Balaban J connectivity index is 2.20. The van der Waals surface area contributed by atoms with Gasteiger partial charge in [-0.3, -0.25) is 4.90 Å². The number of aromatic hydroxyl groups is 1. The van der Waals surface area contributed by atoms with Gasteiger partial charge >= 0.3 is 0 Å². The number of phenols is 1. The summed E-state index contributed by atoms with van der Waals surface area (Å²) in [6.07, 6.45) is 1.07. The first-order chi connectivity index (χ1) is 8.52. The van der Waals surface area contributed by atoms with Crippen molar-refractivity contribution < 1.29 is 9.50 Å². The molecule has 1 aromatic carbocycles. The summed E-state index contributed by atoms with van der Waals surface area (Å²) in [4.78, 5) is 2.28. The summed E-state index contributed by atoms with van der Waals surface area (Å²) in [5.74, 6) is 0.349. The van der Waals surface area contributed by atoms with E-state index < -0.39 is 0 Å². The minimum absolute atomic E-state index is 0.00671. The molecule has 2 rings (SSSR count). The minimum Gasteiger partial charge on any atom is -0.508 e. The van der Waals surface area contributed by atoms with E-state index in [0.29, 0.717) is 24.1 Å². The molecule has 0 saturated carbocycles. The van der Waals surface area contributed by atoms with E-state index in [4.69, 9.17) is 5.73 Å². The highest BCUT2D eigenvalue weighted by molar-refractivity contribution is 5.35. The average Bonchev–Trinajstić information content (AvgIpc) is 2.73. The van der Waals surface area contributed by atoms with Crippen LogP contribution in [0.1, 0.15) is 31.9 Å². The Hall–Kier alpha value is -1.13. The highest BCUT2D eigenvalue weighted by atomic mass is 19.1. The summed E-state index contributed by atoms with van der Waals surface area (Å²) in [5, 5.41) is 9.86. The van der Waals surface area contributed by atoms with Gasteiger partial charge in [0.25, 0.3) is 0 Å². The van der Waals surface area contributed by atoms with Crippen LogP contribution in [-0.4, -0.2) is 29.1 Å². The Labute approximate surface area is 107 Å². The number of phenolic OH excluding ortho intramolecular Hbond substituents is 1. The molecule has 1 fully saturated rings. The van der Waals surface area contributed by atoms with Crippen molar-refractivity contribution in [2.45, 2.75) is 32.4 Å². The van der Waals surface area contributed by atoms with Crippen molar-refractivity contribution >= 4 is 0 Å². The highest BCUT2D eigenvalue weighted by Gasteiger charge is 2.32. The van der Waals surface area contributed by atoms with E-state index in [1.807, 2.05) is 6.92 Å². The van der Waals surface area contributed by atoms with Crippen LogP contribution in [0.2, 0.25) is 0 Å². The molecule has 3 N–H and O–H groups in total. The number of likely N-dealkylation sites (tertiary alicyclic amines) is 1. The number of halogens is 1. The standard InChI is InChI=1S/C14H21FN2O/c1-9-5-11(7-16)8-17(9)10(2)13-6-12(15)3-4-14(13)18/h3-4,6,9-11,18H,5,7-8,16H2,1-2H3. The van der Waals surface area contributed by atoms with Crippen LogP contribution in [0.15, 0.2) is 18.2 Å². The van der Waals surface area contributed by atoms with Crippen molar-refractivity contribution in [3.05, 3.63) is 29.6 Å². The lowest BCUT2D eigenvalue weighted by molar-refractivity contribution is 0.197. The molecule has 0 amide bonds. The molecular weight excluding hydrogens is 231 g/mol. The monoisotopic (exact) mass is 252 g/mol. The van der Waals surface area contributed by atoms with Gasteiger partial charge < -0.3 is 10.8 Å². The third-order valence-electron chi connectivity index (χ3n) is 3.98. The number of hydrogen-bond acceptors (Lipinski definition) is 3. The summed E-state index contributed by atoms with van der Waals surface area (Å²) in [6, 6.07) is 4.54. The molecule has 100 valence electrons. The number of hydrogen-bond donors (Lipinski definition) is 2. The fourth-order valence-corrected chi connectivity index (χ4v) is 2.92. The number of nitrogens with zero attached hydrogens (tertiary/aromatic N) is 1. The van der Waals surface area contributed by atoms with Crippen LogP contribution in [0.3, 0.4) is 0 Å². The van der Waals surface area contributed by atoms with Gasteiger partial charge in [0, 0.05) is 24.2 Å². The first-order valence-electron chi connectivity index (χ1n) is 6.47. The third kappa shape index (κ3) is 2.49. The number of rotatable bonds is 3. The van der Waals surface area contributed by atoms with Crippen LogP contribution in [-0.2, 0) is 0 Å². The van der Waals surface area contributed by atoms with E-state index in [1.54, 1.807) is 0 Å². The molecular formula is C14H21FN2O. The maximum atomic E-state index is 13.3. The molecule has 3 nitrogen and oxygen atoms in total. The molecule has 0 radical (unpaired) electrons. The third-order valence-corrected chi connectivity index (χ3v) is 3.98. The molecule has 18 heavy (non-hydrogen) atoms. The van der Waals surface area contributed by atoms with Crippen LogP contribution >= 0.6 is 0 Å². The number of nitrogens with two attached hydrogens (primary N) is 1. The SMILES string of the molecule is CC1CC(CN)CN1C(C)c1cc(F)ccc1O. The van der Waals surface area contributed by atoms with Gasteiger partial charge in [0.2, 0.25) is 0 Å². The Morgan fingerprint density at radius 2 is 2.28 bits per heavy atom. The predicted molar refractivity (Wildman–Crippen MR) is 69.8 cm³/mol. The van der Waals surface area contributed by atoms with Crippen LogP contribution in [0.25, 0.3) is 0 Å². The maximum Gasteiger partial charge on any atom is 0.123 e. The Morgan fingerprint density at radius 1 is 1.56 bits per heavy atom. The van der Waals surface area contributed by atoms with E-state index >= 15 is 0 Å². The van der Waals surface area contributed by atoms with Crippen molar-refractivity contribution in [2.75, 3.05) is 13.1 Å². The molecule has 1 heterocycles. The predicted octanol–water partition coefficient (Wildman–Crippen LogP) is 2.26. The highest BCUT2D eigenvalue weighted by Crippen LogP contribution is 2.35. The zero-order chi connectivity index (χ0) is 13.3. The largest absolute Gasteiger partial charge is 0.508 e. The quantitative estimate of drug-likeness (QED) is 0.867. The van der Waals surface area contributed by atoms with Crippen molar-refractivity contribution in [1.82, 2.24) is 4.90 Å². The Bertz CT molecular complexity index is 424. The molecule has 0 bridgehead atoms. The Morgan fingerprint density at radius 3 is 2.89 bits per heavy atom. The van der Waals surface area contributed by atoms with Crippen LogP contribution in [0, 0.1) is 11.7 Å². The first-order valence-corrected chi connectivity index (χ1v) is 6.47. The smallest absolute Gasteiger partial charge is 0.123 e. The number of benzene rings is 1. The molecule has 1 aromatic rings. The molecule has 0 spiro atoms. The van der Waals surface area contributed by atoms with Gasteiger partial charge in [-0.05, 0) is 50.9 Å². The molecule has 3 atom stereocenters. The van der Waals surface area contributed by atoms with Gasteiger partial charge in [-0.25, -0.2) is 4.39 Å². The first kappa shape index (κ1) is 13.3. The molecule has 1 aliphatic rings. The van der Waals surface area contributed by atoms with Crippen LogP contribution in [0.5, 0.6) is 5.75 Å². The molecule has 1 aliphatic heterocycles. The fraction of sp³-hybridized carbons (Fsp3) is 0.571. The lowest BCUT2D eigenvalue weighted by Gasteiger charge is -2.29. The van der Waals surface area contributed by atoms with Gasteiger partial charge in [-0.2, -0.15) is 0 Å². The molecule has 0 aliphatic carbocycles. The average molecular weight is 252 g/mol. The van der Waals surface area contributed by atoms with E-state index in [9.17, 15) is 9.50 Å². The van der Waals surface area contributed by atoms with Crippen LogP contribution < -0.4 is 5.73 Å². The second-order valence-corrected chi connectivity index (χ2v) is 5.26. The van der Waals surface area contributed by atoms with E-state index in [1.165, 1.54) is 18.2 Å². The van der Waals surface area contributed by atoms with E-state index in [0.717, 1.165) is 13.0 Å². The lowest BCUT2D eigenvalue weighted by Crippen LogP contribution is -2.31. The zero-order valence-corrected chi connectivity index (χ0v) is 10.9. The lowest BCUT2D eigenvalue weighted by atomic mass is 10.0. The topological polar surface area (TPSA) is 49.5 Å². The summed E-state index contributed by atoms with van der Waals surface area (Å²) in [7, 11) is 0. The summed E-state index contributed by atoms with van der Waals surface area (Å²) >= 11 is 0. The van der Waals surface area contributed by atoms with Crippen molar-refractivity contribution in [3.8, 4) is 5.75 Å². The molecule has 0 aromatic heterocycles. The normalized spacial score (nSPS) is 26.4. The second-order valence-electron chi connectivity index (χ2n) is 5.26. The van der Waals surface area contributed by atoms with Gasteiger partial charge in [0.1, 0.15) is 11.6 Å². The van der Waals surface area contributed by atoms with Gasteiger partial charge in [-0.15, -0.1) is 0 Å². The minimum atomic E-state index is -0.308. The van der Waals surface area contributed by atoms with Crippen molar-refractivity contribution in [1.29, 1.82) is 0 Å².